The lowest BCUT2D eigenvalue weighted by molar-refractivity contribution is -0.127. The first-order chi connectivity index (χ1) is 16.8. The lowest BCUT2D eigenvalue weighted by atomic mass is 10.1. The highest BCUT2D eigenvalue weighted by Crippen LogP contribution is 2.35. The first-order valence-electron chi connectivity index (χ1n) is 10.3. The molecule has 1 aliphatic heterocycles. The van der Waals surface area contributed by atoms with E-state index in [0.717, 1.165) is 37.2 Å². The second-order valence-corrected chi connectivity index (χ2v) is 10.2. The molecule has 3 amide bonds. The number of hydrogen-bond acceptors (Lipinski definition) is 5. The predicted molar refractivity (Wildman–Crippen MR) is 140 cm³/mol. The number of anilines is 1. The quantitative estimate of drug-likeness (QED) is 0.301. The van der Waals surface area contributed by atoms with Crippen LogP contribution in [0.4, 0.5) is 14.9 Å². The minimum Gasteiger partial charge on any atom is -0.488 e. The third-order valence-electron chi connectivity index (χ3n) is 4.85. The molecule has 0 saturated carbocycles. The van der Waals surface area contributed by atoms with Crippen molar-refractivity contribution in [2.75, 3.05) is 11.9 Å². The van der Waals surface area contributed by atoms with Crippen LogP contribution in [0.3, 0.4) is 0 Å². The van der Waals surface area contributed by atoms with Gasteiger partial charge < -0.3 is 10.1 Å². The molecule has 1 fully saturated rings. The number of nitrogens with one attached hydrogen (secondary N) is 1. The van der Waals surface area contributed by atoms with Gasteiger partial charge in [0, 0.05) is 20.2 Å². The van der Waals surface area contributed by atoms with Gasteiger partial charge in [-0.05, 0) is 71.9 Å². The molecule has 4 rings (SSSR count). The fourth-order valence-electron chi connectivity index (χ4n) is 3.19. The summed E-state index contributed by atoms with van der Waals surface area (Å²) < 4.78 is 21.0. The average molecular weight is 620 g/mol. The van der Waals surface area contributed by atoms with Crippen molar-refractivity contribution >= 4 is 72.4 Å². The van der Waals surface area contributed by atoms with E-state index in [1.54, 1.807) is 18.2 Å². The fourth-order valence-corrected chi connectivity index (χ4v) is 4.67. The van der Waals surface area contributed by atoms with Crippen LogP contribution in [0.1, 0.15) is 11.1 Å². The molecule has 0 aromatic heterocycles. The van der Waals surface area contributed by atoms with E-state index in [2.05, 4.69) is 37.2 Å². The maximum atomic E-state index is 13.3. The van der Waals surface area contributed by atoms with E-state index in [1.807, 2.05) is 30.3 Å². The minimum atomic E-state index is -0.611. The molecule has 3 aromatic carbocycles. The van der Waals surface area contributed by atoms with Crippen molar-refractivity contribution in [3.63, 3.8) is 0 Å². The number of thioether (sulfide) groups is 1. The van der Waals surface area contributed by atoms with Crippen LogP contribution in [0, 0.1) is 5.82 Å². The Bertz CT molecular complexity index is 1330. The van der Waals surface area contributed by atoms with Crippen molar-refractivity contribution in [2.24, 2.45) is 0 Å². The van der Waals surface area contributed by atoms with Gasteiger partial charge in [0.2, 0.25) is 5.91 Å². The maximum Gasteiger partial charge on any atom is 0.294 e. The lowest BCUT2D eigenvalue weighted by Crippen LogP contribution is -2.36. The summed E-state index contributed by atoms with van der Waals surface area (Å²) in [7, 11) is 0. The fraction of sp³-hybridized carbons (Fsp3) is 0.0800. The summed E-state index contributed by atoms with van der Waals surface area (Å²) in [4.78, 5) is 38.7. The van der Waals surface area contributed by atoms with Crippen molar-refractivity contribution in [3.05, 3.63) is 97.5 Å². The van der Waals surface area contributed by atoms with Gasteiger partial charge >= 0.3 is 0 Å². The molecule has 35 heavy (non-hydrogen) atoms. The third-order valence-corrected chi connectivity index (χ3v) is 6.78. The molecule has 0 radical (unpaired) electrons. The van der Waals surface area contributed by atoms with E-state index in [4.69, 9.17) is 4.74 Å². The Morgan fingerprint density at radius 1 is 1.03 bits per heavy atom. The lowest BCUT2D eigenvalue weighted by Gasteiger charge is -2.13. The normalized spacial score (nSPS) is 14.5. The zero-order chi connectivity index (χ0) is 24.9. The van der Waals surface area contributed by atoms with Gasteiger partial charge in [-0.2, -0.15) is 0 Å². The van der Waals surface area contributed by atoms with E-state index < -0.39 is 29.4 Å². The Morgan fingerprint density at radius 2 is 1.77 bits per heavy atom. The second-order valence-electron chi connectivity index (χ2n) is 7.42. The Kier molecular flexibility index (Phi) is 8.04. The summed E-state index contributed by atoms with van der Waals surface area (Å²) in [5.74, 6) is -1.18. The van der Waals surface area contributed by atoms with Gasteiger partial charge in [0.05, 0.1) is 4.91 Å². The first-order valence-corrected chi connectivity index (χ1v) is 12.7. The number of rotatable bonds is 7. The standard InChI is InChI=1S/C25H17Br2FN2O4S/c26-17-6-4-15(5-7-17)14-34-21-9-8-18(27)10-16(21)11-22-24(32)30(25(33)35-22)13-23(31)29-20-3-1-2-19(28)12-20/h1-12H,13-14H2,(H,29,31)/b22-11+. The van der Waals surface area contributed by atoms with Crippen molar-refractivity contribution < 1.29 is 23.5 Å². The van der Waals surface area contributed by atoms with Crippen molar-refractivity contribution in [1.29, 1.82) is 0 Å². The largest absolute Gasteiger partial charge is 0.488 e. The van der Waals surface area contributed by atoms with Gasteiger partial charge in [0.15, 0.2) is 0 Å². The third kappa shape index (κ3) is 6.59. The Balaban J connectivity index is 1.48. The molecule has 1 saturated heterocycles. The van der Waals surface area contributed by atoms with Gasteiger partial charge in [-0.15, -0.1) is 0 Å². The molecule has 0 bridgehead atoms. The molecule has 1 N–H and O–H groups in total. The average Bonchev–Trinajstić information content (AvgIpc) is 3.07. The van der Waals surface area contributed by atoms with Crippen LogP contribution in [0.5, 0.6) is 5.75 Å². The topological polar surface area (TPSA) is 75.7 Å². The van der Waals surface area contributed by atoms with Gasteiger partial charge in [-0.3, -0.25) is 19.3 Å². The Hall–Kier alpha value is -2.95. The summed E-state index contributed by atoms with van der Waals surface area (Å²) in [6, 6.07) is 18.4. The molecular weight excluding hydrogens is 603 g/mol. The highest BCUT2D eigenvalue weighted by atomic mass is 79.9. The van der Waals surface area contributed by atoms with E-state index in [9.17, 15) is 18.8 Å². The van der Waals surface area contributed by atoms with Gasteiger partial charge in [-0.1, -0.05) is 50.1 Å². The summed E-state index contributed by atoms with van der Waals surface area (Å²) >= 11 is 7.56. The number of carbonyl (C=O) groups is 3. The molecule has 0 unspecified atom stereocenters. The van der Waals surface area contributed by atoms with Crippen molar-refractivity contribution in [1.82, 2.24) is 4.90 Å². The van der Waals surface area contributed by atoms with Crippen LogP contribution in [-0.2, 0) is 16.2 Å². The second kappa shape index (κ2) is 11.2. The SMILES string of the molecule is O=C(CN1C(=O)S/C(=C/c2cc(Br)ccc2OCc2ccc(Br)cc2)C1=O)Nc1cccc(F)c1. The van der Waals surface area contributed by atoms with E-state index in [0.29, 0.717) is 17.9 Å². The molecule has 1 heterocycles. The molecule has 10 heteroatoms. The van der Waals surface area contributed by atoms with Crippen LogP contribution < -0.4 is 10.1 Å². The summed E-state index contributed by atoms with van der Waals surface area (Å²) in [6.07, 6.45) is 1.57. The smallest absolute Gasteiger partial charge is 0.294 e. The van der Waals surface area contributed by atoms with E-state index in [1.165, 1.54) is 18.2 Å². The van der Waals surface area contributed by atoms with E-state index >= 15 is 0 Å². The molecule has 6 nitrogen and oxygen atoms in total. The minimum absolute atomic E-state index is 0.167. The monoisotopic (exact) mass is 618 g/mol. The first kappa shape index (κ1) is 25.2. The molecule has 1 aliphatic rings. The maximum absolute atomic E-state index is 13.3. The van der Waals surface area contributed by atoms with Gasteiger partial charge in [0.25, 0.3) is 11.1 Å². The van der Waals surface area contributed by atoms with Crippen LogP contribution in [0.15, 0.2) is 80.6 Å². The van der Waals surface area contributed by atoms with Crippen LogP contribution in [0.25, 0.3) is 6.08 Å². The highest BCUT2D eigenvalue weighted by Gasteiger charge is 2.36. The zero-order valence-electron chi connectivity index (χ0n) is 18.0. The summed E-state index contributed by atoms with van der Waals surface area (Å²) in [6.45, 7) is -0.165. The molecule has 178 valence electrons. The Morgan fingerprint density at radius 3 is 2.51 bits per heavy atom. The summed E-state index contributed by atoms with van der Waals surface area (Å²) in [5, 5.41) is 1.92. The van der Waals surface area contributed by atoms with E-state index in [-0.39, 0.29) is 10.6 Å². The number of hydrogen-bond donors (Lipinski definition) is 1. The molecule has 0 aliphatic carbocycles. The number of imide groups is 1. The van der Waals surface area contributed by atoms with Gasteiger partial charge in [-0.25, -0.2) is 4.39 Å². The Labute approximate surface area is 221 Å². The van der Waals surface area contributed by atoms with Crippen LogP contribution >= 0.6 is 43.6 Å². The molecule has 0 spiro atoms. The van der Waals surface area contributed by atoms with Crippen LogP contribution in [-0.4, -0.2) is 28.5 Å². The predicted octanol–water partition coefficient (Wildman–Crippen LogP) is 6.60. The summed E-state index contributed by atoms with van der Waals surface area (Å²) in [5.41, 5.74) is 1.80. The molecule has 3 aromatic rings. The zero-order valence-corrected chi connectivity index (χ0v) is 22.0. The number of carbonyl (C=O) groups excluding carboxylic acids is 3. The van der Waals surface area contributed by atoms with Crippen LogP contribution in [0.2, 0.25) is 0 Å². The number of halogens is 3. The van der Waals surface area contributed by atoms with Crippen molar-refractivity contribution in [2.45, 2.75) is 6.61 Å². The highest BCUT2D eigenvalue weighted by molar-refractivity contribution is 9.10. The number of nitrogens with zero attached hydrogens (tertiary/aromatic N) is 1. The number of amides is 3. The number of ether oxygens (including phenoxy) is 1. The molecular formula is C25H17Br2FN2O4S. The van der Waals surface area contributed by atoms with Crippen molar-refractivity contribution in [3.8, 4) is 5.75 Å². The molecule has 0 atom stereocenters. The number of benzene rings is 3. The van der Waals surface area contributed by atoms with Gasteiger partial charge in [0.1, 0.15) is 24.7 Å².